The van der Waals surface area contributed by atoms with Crippen LogP contribution in [0.25, 0.3) is 0 Å². The molecule has 1 aliphatic heterocycles. The lowest BCUT2D eigenvalue weighted by molar-refractivity contribution is -0.00305. The highest BCUT2D eigenvalue weighted by atomic mass is 19.1. The van der Waals surface area contributed by atoms with Gasteiger partial charge in [-0.15, -0.1) is 0 Å². The summed E-state index contributed by atoms with van der Waals surface area (Å²) in [5.74, 6) is 0.225. The van der Waals surface area contributed by atoms with Crippen molar-refractivity contribution in [3.63, 3.8) is 0 Å². The Bertz CT molecular complexity index is 459. The standard InChI is InChI=1S/C13H15FN2O2/c1-17-11-3-2-10(13(14)6-11)8-16-4-5-18-12(7-15)9-16/h2-3,6,12H,4-5,8-9H2,1H3. The Labute approximate surface area is 106 Å². The van der Waals surface area contributed by atoms with E-state index in [-0.39, 0.29) is 5.82 Å². The number of halogens is 1. The molecule has 0 amide bonds. The van der Waals surface area contributed by atoms with Crippen LogP contribution in [0.15, 0.2) is 18.2 Å². The second-order valence-electron chi connectivity index (χ2n) is 4.18. The average molecular weight is 250 g/mol. The van der Waals surface area contributed by atoms with Gasteiger partial charge in [-0.3, -0.25) is 4.90 Å². The molecule has 0 bridgehead atoms. The highest BCUT2D eigenvalue weighted by molar-refractivity contribution is 5.28. The van der Waals surface area contributed by atoms with E-state index in [0.29, 0.717) is 37.6 Å². The molecule has 0 saturated carbocycles. The first-order chi connectivity index (χ1) is 8.72. The fourth-order valence-corrected chi connectivity index (χ4v) is 1.95. The highest BCUT2D eigenvalue weighted by Gasteiger charge is 2.20. The molecule has 1 heterocycles. The van der Waals surface area contributed by atoms with Crippen LogP contribution in [0.5, 0.6) is 5.75 Å². The number of hydrogen-bond donors (Lipinski definition) is 0. The van der Waals surface area contributed by atoms with Gasteiger partial charge in [-0.25, -0.2) is 4.39 Å². The zero-order valence-corrected chi connectivity index (χ0v) is 10.2. The van der Waals surface area contributed by atoms with Crippen LogP contribution in [-0.2, 0) is 11.3 Å². The van der Waals surface area contributed by atoms with Gasteiger partial charge in [0, 0.05) is 31.3 Å². The minimum Gasteiger partial charge on any atom is -0.497 e. The van der Waals surface area contributed by atoms with E-state index in [1.807, 2.05) is 4.90 Å². The third-order valence-electron chi connectivity index (χ3n) is 2.95. The Hall–Kier alpha value is -1.64. The van der Waals surface area contributed by atoms with Crippen LogP contribution >= 0.6 is 0 Å². The average Bonchev–Trinajstić information content (AvgIpc) is 2.41. The van der Waals surface area contributed by atoms with Crippen molar-refractivity contribution in [3.05, 3.63) is 29.6 Å². The third kappa shape index (κ3) is 2.97. The smallest absolute Gasteiger partial charge is 0.156 e. The minimum atomic E-state index is -0.417. The number of nitriles is 1. The zero-order valence-electron chi connectivity index (χ0n) is 10.2. The third-order valence-corrected chi connectivity index (χ3v) is 2.95. The summed E-state index contributed by atoms with van der Waals surface area (Å²) in [4.78, 5) is 2.02. The lowest BCUT2D eigenvalue weighted by Gasteiger charge is -2.29. The monoisotopic (exact) mass is 250 g/mol. The van der Waals surface area contributed by atoms with Crippen molar-refractivity contribution in [1.82, 2.24) is 4.90 Å². The van der Waals surface area contributed by atoms with Gasteiger partial charge in [0.15, 0.2) is 6.10 Å². The summed E-state index contributed by atoms with van der Waals surface area (Å²) >= 11 is 0. The number of hydrogen-bond acceptors (Lipinski definition) is 4. The van der Waals surface area contributed by atoms with Crippen molar-refractivity contribution >= 4 is 0 Å². The van der Waals surface area contributed by atoms with Gasteiger partial charge in [0.1, 0.15) is 11.6 Å². The number of morpholine rings is 1. The van der Waals surface area contributed by atoms with Gasteiger partial charge in [0.25, 0.3) is 0 Å². The molecule has 0 spiro atoms. The summed E-state index contributed by atoms with van der Waals surface area (Å²) in [6.07, 6.45) is -0.417. The Balaban J connectivity index is 2.03. The Morgan fingerprint density at radius 3 is 3.11 bits per heavy atom. The second kappa shape index (κ2) is 5.80. The topological polar surface area (TPSA) is 45.5 Å². The molecule has 96 valence electrons. The first-order valence-corrected chi connectivity index (χ1v) is 5.79. The number of methoxy groups -OCH3 is 1. The summed E-state index contributed by atoms with van der Waals surface area (Å²) in [5, 5.41) is 8.81. The maximum absolute atomic E-state index is 13.8. The second-order valence-corrected chi connectivity index (χ2v) is 4.18. The van der Waals surface area contributed by atoms with E-state index in [4.69, 9.17) is 14.7 Å². The van der Waals surface area contributed by atoms with Crippen LogP contribution in [0.2, 0.25) is 0 Å². The van der Waals surface area contributed by atoms with E-state index in [1.54, 1.807) is 12.1 Å². The van der Waals surface area contributed by atoms with Crippen molar-refractivity contribution < 1.29 is 13.9 Å². The molecule has 1 saturated heterocycles. The summed E-state index contributed by atoms with van der Waals surface area (Å²) in [6.45, 7) is 2.22. The zero-order chi connectivity index (χ0) is 13.0. The van der Waals surface area contributed by atoms with E-state index >= 15 is 0 Å². The van der Waals surface area contributed by atoms with Crippen LogP contribution in [-0.4, -0.2) is 37.8 Å². The molecule has 0 aliphatic carbocycles. The summed E-state index contributed by atoms with van der Waals surface area (Å²) in [7, 11) is 1.51. The van der Waals surface area contributed by atoms with Crippen molar-refractivity contribution in [3.8, 4) is 11.8 Å². The quantitative estimate of drug-likeness (QED) is 0.816. The predicted molar refractivity (Wildman–Crippen MR) is 63.6 cm³/mol. The van der Waals surface area contributed by atoms with Crippen molar-refractivity contribution in [1.29, 1.82) is 5.26 Å². The molecule has 1 aromatic carbocycles. The van der Waals surface area contributed by atoms with Crippen LogP contribution in [0.1, 0.15) is 5.56 Å². The fourth-order valence-electron chi connectivity index (χ4n) is 1.95. The van der Waals surface area contributed by atoms with Gasteiger partial charge in [-0.2, -0.15) is 5.26 Å². The van der Waals surface area contributed by atoms with Crippen LogP contribution in [0.3, 0.4) is 0 Å². The maximum Gasteiger partial charge on any atom is 0.156 e. The molecule has 18 heavy (non-hydrogen) atoms. The van der Waals surface area contributed by atoms with Crippen LogP contribution in [0.4, 0.5) is 4.39 Å². The number of ether oxygens (including phenoxy) is 2. The lowest BCUT2D eigenvalue weighted by atomic mass is 10.1. The predicted octanol–water partition coefficient (Wildman–Crippen LogP) is 1.56. The summed E-state index contributed by atoms with van der Waals surface area (Å²) in [6, 6.07) is 6.90. The van der Waals surface area contributed by atoms with Crippen molar-refractivity contribution in [2.75, 3.05) is 26.8 Å². The van der Waals surface area contributed by atoms with Gasteiger partial charge in [-0.05, 0) is 6.07 Å². The molecule has 1 atom stereocenters. The highest BCUT2D eigenvalue weighted by Crippen LogP contribution is 2.18. The van der Waals surface area contributed by atoms with Crippen LogP contribution < -0.4 is 4.74 Å². The van der Waals surface area contributed by atoms with Crippen molar-refractivity contribution in [2.45, 2.75) is 12.6 Å². The Kier molecular flexibility index (Phi) is 4.13. The molecular formula is C13H15FN2O2. The molecule has 1 fully saturated rings. The fraction of sp³-hybridized carbons (Fsp3) is 0.462. The minimum absolute atomic E-state index is 0.283. The van der Waals surface area contributed by atoms with E-state index < -0.39 is 6.10 Å². The largest absolute Gasteiger partial charge is 0.497 e. The Morgan fingerprint density at radius 1 is 1.61 bits per heavy atom. The molecular weight excluding hydrogens is 235 g/mol. The van der Waals surface area contributed by atoms with E-state index in [1.165, 1.54) is 13.2 Å². The maximum atomic E-state index is 13.8. The van der Waals surface area contributed by atoms with E-state index in [2.05, 4.69) is 6.07 Å². The Morgan fingerprint density at radius 2 is 2.44 bits per heavy atom. The number of rotatable bonds is 3. The number of benzene rings is 1. The van der Waals surface area contributed by atoms with Gasteiger partial charge >= 0.3 is 0 Å². The molecule has 0 aromatic heterocycles. The number of nitrogens with zero attached hydrogens (tertiary/aromatic N) is 2. The normalized spacial score (nSPS) is 20.4. The van der Waals surface area contributed by atoms with E-state index in [0.717, 1.165) is 0 Å². The van der Waals surface area contributed by atoms with Gasteiger partial charge in [-0.1, -0.05) is 6.07 Å². The molecule has 1 aromatic rings. The van der Waals surface area contributed by atoms with Crippen LogP contribution in [0, 0.1) is 17.1 Å². The molecule has 0 N–H and O–H groups in total. The van der Waals surface area contributed by atoms with Gasteiger partial charge in [0.2, 0.25) is 0 Å². The SMILES string of the molecule is COc1ccc(CN2CCOC(C#N)C2)c(F)c1. The van der Waals surface area contributed by atoms with Gasteiger partial charge < -0.3 is 9.47 Å². The van der Waals surface area contributed by atoms with Gasteiger partial charge in [0.05, 0.1) is 19.8 Å². The van der Waals surface area contributed by atoms with Crippen molar-refractivity contribution in [2.24, 2.45) is 0 Å². The molecule has 1 unspecified atom stereocenters. The summed E-state index contributed by atoms with van der Waals surface area (Å²) < 4.78 is 24.0. The first-order valence-electron chi connectivity index (χ1n) is 5.79. The van der Waals surface area contributed by atoms with E-state index in [9.17, 15) is 4.39 Å². The molecule has 0 radical (unpaired) electrons. The lowest BCUT2D eigenvalue weighted by Crippen LogP contribution is -2.41. The molecule has 5 heteroatoms. The first kappa shape index (κ1) is 12.8. The molecule has 4 nitrogen and oxygen atoms in total. The summed E-state index contributed by atoms with van der Waals surface area (Å²) in [5.41, 5.74) is 0.606. The molecule has 2 rings (SSSR count). The molecule has 1 aliphatic rings.